The molecule has 0 spiro atoms. The van der Waals surface area contributed by atoms with Crippen molar-refractivity contribution in [1.29, 1.82) is 0 Å². The molecule has 0 fully saturated rings. The van der Waals surface area contributed by atoms with E-state index in [2.05, 4.69) is 23.4 Å². The van der Waals surface area contributed by atoms with Gasteiger partial charge in [-0.2, -0.15) is 11.8 Å². The number of rotatable bonds is 6. The van der Waals surface area contributed by atoms with Gasteiger partial charge in [-0.1, -0.05) is 18.5 Å². The zero-order chi connectivity index (χ0) is 14.7. The zero-order valence-corrected chi connectivity index (χ0v) is 13.8. The monoisotopic (exact) mass is 334 g/mol. The second kappa shape index (κ2) is 7.01. The Balaban J connectivity index is 2.41. The third-order valence-corrected chi connectivity index (χ3v) is 4.71. The number of hydrogen-bond donors (Lipinski definition) is 0. The van der Waals surface area contributed by atoms with Crippen LogP contribution in [0.25, 0.3) is 11.0 Å². The Bertz CT molecular complexity index is 600. The average Bonchev–Trinajstić information content (AvgIpc) is 2.77. The number of imidazole rings is 1. The molecule has 1 unspecified atom stereocenters. The second-order valence-electron chi connectivity index (χ2n) is 4.62. The van der Waals surface area contributed by atoms with Crippen molar-refractivity contribution >= 4 is 46.0 Å². The van der Waals surface area contributed by atoms with Crippen molar-refractivity contribution in [2.45, 2.75) is 32.2 Å². The lowest BCUT2D eigenvalue weighted by Gasteiger charge is -2.16. The van der Waals surface area contributed by atoms with E-state index in [0.717, 1.165) is 29.3 Å². The molecule has 0 amide bonds. The molecule has 0 N–H and O–H groups in total. The first-order chi connectivity index (χ1) is 9.58. The third kappa shape index (κ3) is 3.23. The van der Waals surface area contributed by atoms with Crippen LogP contribution in [0.4, 0.5) is 4.39 Å². The Morgan fingerprint density at radius 2 is 2.20 bits per heavy atom. The molecular formula is C14H17Cl2FN2S. The molecule has 1 atom stereocenters. The van der Waals surface area contributed by atoms with Crippen LogP contribution in [0.3, 0.4) is 0 Å². The minimum Gasteiger partial charge on any atom is -0.324 e. The summed E-state index contributed by atoms with van der Waals surface area (Å²) in [7, 11) is 0. The van der Waals surface area contributed by atoms with Crippen molar-refractivity contribution < 1.29 is 4.39 Å². The maximum atomic E-state index is 13.5. The number of nitrogens with zero attached hydrogens (tertiary/aromatic N) is 2. The van der Waals surface area contributed by atoms with Crippen LogP contribution < -0.4 is 0 Å². The van der Waals surface area contributed by atoms with Gasteiger partial charge in [0.15, 0.2) is 0 Å². The number of benzene rings is 1. The SMILES string of the molecule is CCSCCC(C)n1c(CCl)nc2cc(F)c(Cl)cc21. The smallest absolute Gasteiger partial charge is 0.144 e. The van der Waals surface area contributed by atoms with Gasteiger partial charge in [0, 0.05) is 12.1 Å². The Morgan fingerprint density at radius 3 is 2.85 bits per heavy atom. The summed E-state index contributed by atoms with van der Waals surface area (Å²) >= 11 is 13.8. The summed E-state index contributed by atoms with van der Waals surface area (Å²) < 4.78 is 15.6. The van der Waals surface area contributed by atoms with Gasteiger partial charge in [0.05, 0.1) is 21.9 Å². The van der Waals surface area contributed by atoms with E-state index in [4.69, 9.17) is 23.2 Å². The van der Waals surface area contributed by atoms with Crippen molar-refractivity contribution in [3.8, 4) is 0 Å². The Kier molecular flexibility index (Phi) is 5.58. The van der Waals surface area contributed by atoms with Crippen LogP contribution in [-0.4, -0.2) is 21.1 Å². The summed E-state index contributed by atoms with van der Waals surface area (Å²) in [4.78, 5) is 4.41. The van der Waals surface area contributed by atoms with Crippen LogP contribution in [0.5, 0.6) is 0 Å². The molecule has 0 aliphatic heterocycles. The fraction of sp³-hybridized carbons (Fsp3) is 0.500. The van der Waals surface area contributed by atoms with E-state index in [-0.39, 0.29) is 11.1 Å². The highest BCUT2D eigenvalue weighted by Crippen LogP contribution is 2.28. The number of aromatic nitrogens is 2. The summed E-state index contributed by atoms with van der Waals surface area (Å²) in [5.41, 5.74) is 1.46. The maximum Gasteiger partial charge on any atom is 0.144 e. The second-order valence-corrected chi connectivity index (χ2v) is 6.69. The molecule has 20 heavy (non-hydrogen) atoms. The van der Waals surface area contributed by atoms with Crippen LogP contribution in [-0.2, 0) is 5.88 Å². The molecule has 1 heterocycles. The highest BCUT2D eigenvalue weighted by molar-refractivity contribution is 7.99. The molecule has 1 aromatic heterocycles. The minimum atomic E-state index is -0.445. The van der Waals surface area contributed by atoms with E-state index in [9.17, 15) is 4.39 Å². The molecule has 6 heteroatoms. The van der Waals surface area contributed by atoms with Gasteiger partial charge in [-0.25, -0.2) is 9.37 Å². The predicted octanol–water partition coefficient (Wildman–Crippen LogP) is 5.27. The molecule has 2 rings (SSSR count). The van der Waals surface area contributed by atoms with Crippen LogP contribution in [0.15, 0.2) is 12.1 Å². The first kappa shape index (κ1) is 15.9. The normalized spacial score (nSPS) is 13.1. The van der Waals surface area contributed by atoms with Gasteiger partial charge in [-0.05, 0) is 30.9 Å². The molecule has 2 nitrogen and oxygen atoms in total. The van der Waals surface area contributed by atoms with Crippen molar-refractivity contribution in [1.82, 2.24) is 9.55 Å². The van der Waals surface area contributed by atoms with E-state index in [1.165, 1.54) is 6.07 Å². The van der Waals surface area contributed by atoms with Gasteiger partial charge in [-0.15, -0.1) is 11.6 Å². The predicted molar refractivity (Wildman–Crippen MR) is 86.6 cm³/mol. The molecular weight excluding hydrogens is 318 g/mol. The lowest BCUT2D eigenvalue weighted by atomic mass is 10.2. The Hall–Kier alpha value is -0.450. The lowest BCUT2D eigenvalue weighted by molar-refractivity contribution is 0.533. The largest absolute Gasteiger partial charge is 0.324 e. The molecule has 0 radical (unpaired) electrons. The molecule has 0 saturated heterocycles. The number of thioether (sulfide) groups is 1. The summed E-state index contributed by atoms with van der Waals surface area (Å²) in [5, 5.41) is 0.120. The first-order valence-electron chi connectivity index (χ1n) is 6.58. The van der Waals surface area contributed by atoms with Crippen LogP contribution in [0.2, 0.25) is 5.02 Å². The van der Waals surface area contributed by atoms with Gasteiger partial charge in [0.2, 0.25) is 0 Å². The van der Waals surface area contributed by atoms with E-state index in [1.807, 2.05) is 11.8 Å². The zero-order valence-electron chi connectivity index (χ0n) is 11.5. The van der Waals surface area contributed by atoms with Gasteiger partial charge < -0.3 is 4.57 Å². The molecule has 110 valence electrons. The molecule has 1 aromatic carbocycles. The molecule has 0 aliphatic carbocycles. The van der Waals surface area contributed by atoms with Crippen LogP contribution >= 0.6 is 35.0 Å². The quantitative estimate of drug-likeness (QED) is 0.528. The van der Waals surface area contributed by atoms with Crippen molar-refractivity contribution in [2.75, 3.05) is 11.5 Å². The van der Waals surface area contributed by atoms with Gasteiger partial charge in [0.25, 0.3) is 0 Å². The maximum absolute atomic E-state index is 13.5. The molecule has 0 aliphatic rings. The first-order valence-corrected chi connectivity index (χ1v) is 8.64. The van der Waals surface area contributed by atoms with E-state index in [1.54, 1.807) is 6.07 Å². The number of hydrogen-bond acceptors (Lipinski definition) is 2. The Morgan fingerprint density at radius 1 is 1.45 bits per heavy atom. The molecule has 2 aromatic rings. The minimum absolute atomic E-state index is 0.120. The highest BCUT2D eigenvalue weighted by Gasteiger charge is 2.17. The topological polar surface area (TPSA) is 17.8 Å². The average molecular weight is 335 g/mol. The van der Waals surface area contributed by atoms with Crippen LogP contribution in [0, 0.1) is 5.82 Å². The van der Waals surface area contributed by atoms with Crippen molar-refractivity contribution in [3.63, 3.8) is 0 Å². The summed E-state index contributed by atoms with van der Waals surface area (Å²) in [6.45, 7) is 4.28. The third-order valence-electron chi connectivity index (χ3n) is 3.25. The summed E-state index contributed by atoms with van der Waals surface area (Å²) in [5.74, 6) is 2.81. The summed E-state index contributed by atoms with van der Waals surface area (Å²) in [6.07, 6.45) is 1.02. The highest BCUT2D eigenvalue weighted by atomic mass is 35.5. The molecule has 0 saturated carbocycles. The fourth-order valence-corrected chi connectivity index (χ4v) is 3.40. The van der Waals surface area contributed by atoms with Gasteiger partial charge >= 0.3 is 0 Å². The summed E-state index contributed by atoms with van der Waals surface area (Å²) in [6, 6.07) is 3.27. The van der Waals surface area contributed by atoms with E-state index >= 15 is 0 Å². The Labute approximate surface area is 132 Å². The van der Waals surface area contributed by atoms with Gasteiger partial charge in [-0.3, -0.25) is 0 Å². The van der Waals surface area contributed by atoms with E-state index in [0.29, 0.717) is 11.4 Å². The van der Waals surface area contributed by atoms with E-state index < -0.39 is 5.82 Å². The van der Waals surface area contributed by atoms with Crippen molar-refractivity contribution in [3.05, 3.63) is 28.8 Å². The molecule has 0 bridgehead atoms. The lowest BCUT2D eigenvalue weighted by Crippen LogP contribution is -2.09. The number of halogens is 3. The fourth-order valence-electron chi connectivity index (χ4n) is 2.25. The number of fused-ring (bicyclic) bond motifs is 1. The van der Waals surface area contributed by atoms with Crippen LogP contribution in [0.1, 0.15) is 32.1 Å². The standard InChI is InChI=1S/C14H17Cl2FN2S/c1-3-20-5-4-9(2)19-13-6-10(16)11(17)7-12(13)18-14(19)8-15/h6-7,9H,3-5,8H2,1-2H3. The van der Waals surface area contributed by atoms with Crippen molar-refractivity contribution in [2.24, 2.45) is 0 Å². The number of alkyl halides is 1. The van der Waals surface area contributed by atoms with Gasteiger partial charge in [0.1, 0.15) is 11.6 Å².